The van der Waals surface area contributed by atoms with E-state index < -0.39 is 0 Å². The molecule has 0 spiro atoms. The molecule has 98 valence electrons. The number of thiophene rings is 1. The Balaban J connectivity index is 2.07. The van der Waals surface area contributed by atoms with Crippen molar-refractivity contribution in [3.05, 3.63) is 20.3 Å². The molecule has 0 aromatic carbocycles. The molecule has 1 N–H and O–H groups in total. The van der Waals surface area contributed by atoms with E-state index >= 15 is 0 Å². The molecule has 1 aliphatic rings. The first-order valence-electron chi connectivity index (χ1n) is 5.49. The van der Waals surface area contributed by atoms with Gasteiger partial charge in [-0.25, -0.2) is 0 Å². The zero-order chi connectivity index (χ0) is 13.3. The minimum absolute atomic E-state index is 0.0523. The highest BCUT2D eigenvalue weighted by molar-refractivity contribution is 7.20. The molecule has 7 heteroatoms. The molecule has 18 heavy (non-hydrogen) atoms. The number of halogens is 2. The first kappa shape index (κ1) is 13.8. The molecule has 1 atom stereocenters. The molecule has 1 unspecified atom stereocenters. The molecule has 0 radical (unpaired) electrons. The number of nitrogens with one attached hydrogen (secondary N) is 1. The van der Waals surface area contributed by atoms with Crippen LogP contribution in [0.1, 0.15) is 17.3 Å². The van der Waals surface area contributed by atoms with Crippen LogP contribution in [0.2, 0.25) is 8.67 Å². The van der Waals surface area contributed by atoms with E-state index in [1.807, 2.05) is 4.90 Å². The molecule has 2 heterocycles. The van der Waals surface area contributed by atoms with Gasteiger partial charge < -0.3 is 5.32 Å². The van der Waals surface area contributed by atoms with Gasteiger partial charge in [-0.1, -0.05) is 23.2 Å². The van der Waals surface area contributed by atoms with Crippen LogP contribution >= 0.6 is 34.5 Å². The molecule has 1 aromatic rings. The number of piperazine rings is 1. The highest BCUT2D eigenvalue weighted by atomic mass is 35.5. The van der Waals surface area contributed by atoms with Crippen LogP contribution in [0, 0.1) is 0 Å². The van der Waals surface area contributed by atoms with E-state index in [4.69, 9.17) is 23.2 Å². The fraction of sp³-hybridized carbons (Fsp3) is 0.455. The van der Waals surface area contributed by atoms with Crippen LogP contribution in [-0.2, 0) is 4.79 Å². The van der Waals surface area contributed by atoms with Crippen molar-refractivity contribution in [3.8, 4) is 0 Å². The molecule has 1 aliphatic heterocycles. The third kappa shape index (κ3) is 2.85. The van der Waals surface area contributed by atoms with Gasteiger partial charge in [-0.3, -0.25) is 14.5 Å². The van der Waals surface area contributed by atoms with Crippen molar-refractivity contribution in [1.82, 2.24) is 10.2 Å². The van der Waals surface area contributed by atoms with E-state index in [-0.39, 0.29) is 24.3 Å². The summed E-state index contributed by atoms with van der Waals surface area (Å²) in [7, 11) is 0. The highest BCUT2D eigenvalue weighted by Gasteiger charge is 2.28. The largest absolute Gasteiger partial charge is 0.353 e. The lowest BCUT2D eigenvalue weighted by Gasteiger charge is -2.31. The lowest BCUT2D eigenvalue weighted by atomic mass is 10.1. The Bertz CT molecular complexity index is 489. The summed E-state index contributed by atoms with van der Waals surface area (Å²) < 4.78 is 0.895. The zero-order valence-corrected chi connectivity index (χ0v) is 12.0. The van der Waals surface area contributed by atoms with Crippen molar-refractivity contribution in [2.45, 2.75) is 13.0 Å². The van der Waals surface area contributed by atoms with Crippen molar-refractivity contribution in [3.63, 3.8) is 0 Å². The second-order valence-corrected chi connectivity index (χ2v) is 6.38. The van der Waals surface area contributed by atoms with Crippen molar-refractivity contribution in [1.29, 1.82) is 0 Å². The fourth-order valence-electron chi connectivity index (χ4n) is 1.85. The van der Waals surface area contributed by atoms with Crippen LogP contribution in [0.4, 0.5) is 0 Å². The van der Waals surface area contributed by atoms with Gasteiger partial charge in [0.15, 0.2) is 5.78 Å². The summed E-state index contributed by atoms with van der Waals surface area (Å²) in [5.41, 5.74) is 0.435. The summed E-state index contributed by atoms with van der Waals surface area (Å²) in [5, 5.41) is 2.75. The molecular formula is C11H12Cl2N2O2S. The average molecular weight is 307 g/mol. The maximum Gasteiger partial charge on any atom is 0.237 e. The molecule has 0 bridgehead atoms. The average Bonchev–Trinajstić information content (AvgIpc) is 2.64. The lowest BCUT2D eigenvalue weighted by molar-refractivity contribution is -0.127. The molecule has 0 aliphatic carbocycles. The Kier molecular flexibility index (Phi) is 4.27. The van der Waals surface area contributed by atoms with Crippen LogP contribution in [0.3, 0.4) is 0 Å². The van der Waals surface area contributed by atoms with E-state index in [1.165, 1.54) is 11.3 Å². The Labute approximate surface area is 119 Å². The van der Waals surface area contributed by atoms with Gasteiger partial charge in [0.2, 0.25) is 5.91 Å². The molecule has 1 amide bonds. The van der Waals surface area contributed by atoms with Crippen LogP contribution in [0.15, 0.2) is 6.07 Å². The van der Waals surface area contributed by atoms with E-state index in [9.17, 15) is 9.59 Å². The molecule has 0 saturated carbocycles. The Morgan fingerprint density at radius 3 is 2.94 bits per heavy atom. The highest BCUT2D eigenvalue weighted by Crippen LogP contribution is 2.31. The Morgan fingerprint density at radius 2 is 2.33 bits per heavy atom. The van der Waals surface area contributed by atoms with Crippen molar-refractivity contribution in [2.75, 3.05) is 19.6 Å². The third-order valence-electron chi connectivity index (χ3n) is 2.93. The summed E-state index contributed by atoms with van der Waals surface area (Å²) in [6, 6.07) is 1.28. The number of amides is 1. The van der Waals surface area contributed by atoms with Gasteiger partial charge in [0.05, 0.1) is 22.5 Å². The minimum atomic E-state index is -0.296. The number of hydrogen-bond donors (Lipinski definition) is 1. The second-order valence-electron chi connectivity index (χ2n) is 4.10. The van der Waals surface area contributed by atoms with Crippen LogP contribution < -0.4 is 5.32 Å². The van der Waals surface area contributed by atoms with Crippen LogP contribution in [0.5, 0.6) is 0 Å². The first-order valence-corrected chi connectivity index (χ1v) is 7.06. The van der Waals surface area contributed by atoms with E-state index in [2.05, 4.69) is 5.32 Å². The quantitative estimate of drug-likeness (QED) is 0.870. The topological polar surface area (TPSA) is 49.4 Å². The molecule has 2 rings (SSSR count). The number of carbonyl (C=O) groups excluding carboxylic acids is 2. The Hall–Kier alpha value is -0.620. The zero-order valence-electron chi connectivity index (χ0n) is 9.70. The number of hydrogen-bond acceptors (Lipinski definition) is 4. The number of carbonyl (C=O) groups is 2. The number of ketones is 1. The normalized spacial score (nSPS) is 20.8. The van der Waals surface area contributed by atoms with Crippen molar-refractivity contribution < 1.29 is 9.59 Å². The predicted molar refractivity (Wildman–Crippen MR) is 72.7 cm³/mol. The van der Waals surface area contributed by atoms with E-state index in [0.717, 1.165) is 0 Å². The number of nitrogens with zero attached hydrogens (tertiary/aromatic N) is 1. The SMILES string of the molecule is CC1C(=O)NCCN1CC(=O)c1cc(Cl)sc1Cl. The summed E-state index contributed by atoms with van der Waals surface area (Å²) in [4.78, 5) is 25.4. The number of Topliss-reactive ketones (excluding diaryl/α,β-unsaturated/α-hetero) is 1. The van der Waals surface area contributed by atoms with Crippen LogP contribution in [-0.4, -0.2) is 42.3 Å². The van der Waals surface area contributed by atoms with Crippen LogP contribution in [0.25, 0.3) is 0 Å². The summed E-state index contributed by atoms with van der Waals surface area (Å²) in [5.74, 6) is -0.159. The summed E-state index contributed by atoms with van der Waals surface area (Å²) in [6.07, 6.45) is 0. The minimum Gasteiger partial charge on any atom is -0.353 e. The fourth-order valence-corrected chi connectivity index (χ4v) is 3.34. The van der Waals surface area contributed by atoms with E-state index in [1.54, 1.807) is 13.0 Å². The van der Waals surface area contributed by atoms with Gasteiger partial charge in [-0.05, 0) is 13.0 Å². The maximum atomic E-state index is 12.1. The van der Waals surface area contributed by atoms with Gasteiger partial charge in [-0.2, -0.15) is 0 Å². The van der Waals surface area contributed by atoms with Gasteiger partial charge in [-0.15, -0.1) is 11.3 Å². The van der Waals surface area contributed by atoms with E-state index in [0.29, 0.717) is 27.3 Å². The van der Waals surface area contributed by atoms with Gasteiger partial charge in [0.1, 0.15) is 4.34 Å². The smallest absolute Gasteiger partial charge is 0.237 e. The second kappa shape index (κ2) is 5.57. The summed E-state index contributed by atoms with van der Waals surface area (Å²) in [6.45, 7) is 3.19. The predicted octanol–water partition coefficient (Wildman–Crippen LogP) is 2.06. The maximum absolute atomic E-state index is 12.1. The monoisotopic (exact) mass is 306 g/mol. The molecule has 1 fully saturated rings. The molecule has 4 nitrogen and oxygen atoms in total. The van der Waals surface area contributed by atoms with Crippen molar-refractivity contribution >= 4 is 46.2 Å². The summed E-state index contributed by atoms with van der Waals surface area (Å²) >= 11 is 12.9. The van der Waals surface area contributed by atoms with Gasteiger partial charge in [0.25, 0.3) is 0 Å². The van der Waals surface area contributed by atoms with Gasteiger partial charge >= 0.3 is 0 Å². The number of rotatable bonds is 3. The standard InChI is InChI=1S/C11H12Cl2N2O2S/c1-6-11(17)14-2-3-15(6)5-8(16)7-4-9(12)18-10(7)13/h4,6H,2-3,5H2,1H3,(H,14,17). The first-order chi connectivity index (χ1) is 8.49. The van der Waals surface area contributed by atoms with Gasteiger partial charge in [0, 0.05) is 13.1 Å². The Morgan fingerprint density at radius 1 is 1.61 bits per heavy atom. The lowest BCUT2D eigenvalue weighted by Crippen LogP contribution is -2.55. The molecular weight excluding hydrogens is 295 g/mol. The third-order valence-corrected chi connectivity index (χ3v) is 4.42. The molecule has 1 saturated heterocycles. The van der Waals surface area contributed by atoms with Crippen molar-refractivity contribution in [2.24, 2.45) is 0 Å². The molecule has 1 aromatic heterocycles.